The Morgan fingerprint density at radius 1 is 0.921 bits per heavy atom. The zero-order valence-corrected chi connectivity index (χ0v) is 22.1. The highest BCUT2D eigenvalue weighted by molar-refractivity contribution is 5.94. The lowest BCUT2D eigenvalue weighted by Crippen LogP contribution is -2.59. The highest BCUT2D eigenvalue weighted by Crippen LogP contribution is 2.13. The first kappa shape index (κ1) is 30.3. The minimum atomic E-state index is -1.25. The van der Waals surface area contributed by atoms with Gasteiger partial charge in [0.15, 0.2) is 0 Å². The molecule has 12 nitrogen and oxygen atoms in total. The molecule has 0 aliphatic heterocycles. The number of aromatic hydroxyl groups is 1. The quantitative estimate of drug-likeness (QED) is 0.183. The van der Waals surface area contributed by atoms with Crippen molar-refractivity contribution in [3.05, 3.63) is 48.0 Å². The highest BCUT2D eigenvalue weighted by atomic mass is 16.4. The number of carboxylic acid groups (broad SMARTS) is 1. The van der Waals surface area contributed by atoms with Crippen LogP contribution in [0.15, 0.2) is 36.8 Å². The van der Waals surface area contributed by atoms with E-state index in [1.165, 1.54) is 18.5 Å². The number of hydrogen-bond acceptors (Lipinski definition) is 7. The maximum atomic E-state index is 13.2. The van der Waals surface area contributed by atoms with Crippen LogP contribution < -0.4 is 21.7 Å². The molecular weight excluding hydrogens is 492 g/mol. The van der Waals surface area contributed by atoms with Gasteiger partial charge in [-0.25, -0.2) is 9.78 Å². The number of amides is 3. The van der Waals surface area contributed by atoms with Crippen molar-refractivity contribution in [3.63, 3.8) is 0 Å². The second-order valence-electron chi connectivity index (χ2n) is 10.1. The van der Waals surface area contributed by atoms with Crippen LogP contribution in [0.1, 0.15) is 45.4 Å². The smallest absolute Gasteiger partial charge is 0.326 e. The summed E-state index contributed by atoms with van der Waals surface area (Å²) in [6.45, 7) is 7.22. The normalized spacial score (nSPS) is 14.4. The minimum absolute atomic E-state index is 0.0135. The number of hydrogen-bond donors (Lipinski definition) is 7. The van der Waals surface area contributed by atoms with Crippen molar-refractivity contribution in [1.82, 2.24) is 25.9 Å². The number of nitrogens with two attached hydrogens (primary N) is 1. The molecule has 3 amide bonds. The van der Waals surface area contributed by atoms with Crippen LogP contribution in [0.5, 0.6) is 5.75 Å². The standard InChI is InChI=1S/C26H38N6O6/c1-14(2)9-20(30-23(34)19(27)11-17-12-28-13-29-17)24(35)32-22(15(3)4)25(36)31-21(26(37)38)10-16-5-7-18(33)8-6-16/h5-8,12-15,19-22,33H,9-11,27H2,1-4H3,(H,28,29)(H,30,34)(H,31,36)(H,32,35)(H,37,38). The van der Waals surface area contributed by atoms with Gasteiger partial charge in [0.1, 0.15) is 23.9 Å². The van der Waals surface area contributed by atoms with Crippen LogP contribution in [0.25, 0.3) is 0 Å². The Bertz CT molecular complexity index is 1070. The first-order valence-corrected chi connectivity index (χ1v) is 12.5. The Balaban J connectivity index is 2.09. The zero-order chi connectivity index (χ0) is 28.4. The fourth-order valence-corrected chi connectivity index (χ4v) is 3.83. The Hall–Kier alpha value is -3.93. The summed E-state index contributed by atoms with van der Waals surface area (Å²) in [4.78, 5) is 57.6. The van der Waals surface area contributed by atoms with Gasteiger partial charge in [-0.05, 0) is 36.0 Å². The lowest BCUT2D eigenvalue weighted by Gasteiger charge is -2.27. The minimum Gasteiger partial charge on any atom is -0.508 e. The van der Waals surface area contributed by atoms with Gasteiger partial charge in [-0.3, -0.25) is 14.4 Å². The molecule has 208 valence electrons. The van der Waals surface area contributed by atoms with E-state index in [-0.39, 0.29) is 30.4 Å². The number of rotatable bonds is 14. The van der Waals surface area contributed by atoms with Gasteiger partial charge in [-0.15, -0.1) is 0 Å². The molecule has 8 N–H and O–H groups in total. The van der Waals surface area contributed by atoms with Crippen molar-refractivity contribution >= 4 is 23.7 Å². The van der Waals surface area contributed by atoms with Crippen LogP contribution in [0.3, 0.4) is 0 Å². The van der Waals surface area contributed by atoms with Gasteiger partial charge in [-0.1, -0.05) is 39.8 Å². The number of aromatic nitrogens is 2. The van der Waals surface area contributed by atoms with E-state index >= 15 is 0 Å². The zero-order valence-electron chi connectivity index (χ0n) is 22.1. The van der Waals surface area contributed by atoms with Crippen molar-refractivity contribution in [2.24, 2.45) is 17.6 Å². The summed E-state index contributed by atoms with van der Waals surface area (Å²) in [6.07, 6.45) is 3.53. The van der Waals surface area contributed by atoms with E-state index in [4.69, 9.17) is 5.73 Å². The van der Waals surface area contributed by atoms with Gasteiger partial charge < -0.3 is 36.9 Å². The van der Waals surface area contributed by atoms with E-state index in [2.05, 4.69) is 25.9 Å². The van der Waals surface area contributed by atoms with Gasteiger partial charge >= 0.3 is 5.97 Å². The molecule has 0 aliphatic carbocycles. The van der Waals surface area contributed by atoms with Crippen molar-refractivity contribution in [2.75, 3.05) is 0 Å². The molecule has 0 bridgehead atoms. The van der Waals surface area contributed by atoms with E-state index in [1.54, 1.807) is 32.2 Å². The molecule has 2 aromatic rings. The number of carboxylic acids is 1. The fraction of sp³-hybridized carbons (Fsp3) is 0.500. The molecule has 0 saturated heterocycles. The molecule has 4 atom stereocenters. The van der Waals surface area contributed by atoms with Crippen molar-refractivity contribution < 1.29 is 29.4 Å². The number of benzene rings is 1. The third-order valence-electron chi connectivity index (χ3n) is 5.91. The molecule has 1 aromatic heterocycles. The molecule has 0 spiro atoms. The van der Waals surface area contributed by atoms with Crippen LogP contribution in [0, 0.1) is 11.8 Å². The van der Waals surface area contributed by atoms with Crippen LogP contribution in [-0.2, 0) is 32.0 Å². The number of phenolic OH excluding ortho intramolecular Hbond substituents is 1. The van der Waals surface area contributed by atoms with Crippen LogP contribution >= 0.6 is 0 Å². The summed E-state index contributed by atoms with van der Waals surface area (Å²) in [7, 11) is 0. The first-order chi connectivity index (χ1) is 17.9. The van der Waals surface area contributed by atoms with Crippen molar-refractivity contribution in [2.45, 2.75) is 71.1 Å². The molecule has 0 saturated carbocycles. The Labute approximate surface area is 221 Å². The third kappa shape index (κ3) is 9.51. The van der Waals surface area contributed by atoms with E-state index < -0.39 is 47.9 Å². The summed E-state index contributed by atoms with van der Waals surface area (Å²) in [5.41, 5.74) is 7.29. The van der Waals surface area contributed by atoms with Gasteiger partial charge in [0.25, 0.3) is 0 Å². The second kappa shape index (κ2) is 14.1. The van der Waals surface area contributed by atoms with E-state index in [9.17, 15) is 29.4 Å². The SMILES string of the molecule is CC(C)CC(NC(=O)C(N)Cc1cnc[nH]1)C(=O)NC(C(=O)NC(Cc1ccc(O)cc1)C(=O)O)C(C)C. The fourth-order valence-electron chi connectivity index (χ4n) is 3.83. The van der Waals surface area contributed by atoms with Crippen LogP contribution in [0.4, 0.5) is 0 Å². The van der Waals surface area contributed by atoms with Gasteiger partial charge in [0.2, 0.25) is 17.7 Å². The molecule has 4 unspecified atom stereocenters. The van der Waals surface area contributed by atoms with Crippen molar-refractivity contribution in [1.29, 1.82) is 0 Å². The van der Waals surface area contributed by atoms with Crippen LogP contribution in [0.2, 0.25) is 0 Å². The Morgan fingerprint density at radius 2 is 1.55 bits per heavy atom. The maximum Gasteiger partial charge on any atom is 0.326 e. The lowest BCUT2D eigenvalue weighted by molar-refractivity contribution is -0.142. The topological polar surface area (TPSA) is 200 Å². The average molecular weight is 531 g/mol. The molecule has 12 heteroatoms. The summed E-state index contributed by atoms with van der Waals surface area (Å²) < 4.78 is 0. The third-order valence-corrected chi connectivity index (χ3v) is 5.91. The summed E-state index contributed by atoms with van der Waals surface area (Å²) in [6, 6.07) is 1.82. The van der Waals surface area contributed by atoms with Gasteiger partial charge in [0.05, 0.1) is 12.4 Å². The number of nitrogens with one attached hydrogen (secondary N) is 4. The summed E-state index contributed by atoms with van der Waals surface area (Å²) in [5, 5.41) is 27.0. The molecule has 38 heavy (non-hydrogen) atoms. The number of aromatic amines is 1. The Morgan fingerprint density at radius 3 is 2.08 bits per heavy atom. The number of carbonyl (C=O) groups excluding carboxylic acids is 3. The number of H-pyrrole nitrogens is 1. The van der Waals surface area contributed by atoms with Gasteiger partial charge in [0, 0.05) is 24.7 Å². The molecule has 0 aliphatic rings. The monoisotopic (exact) mass is 530 g/mol. The second-order valence-corrected chi connectivity index (χ2v) is 10.1. The number of aliphatic carboxylic acids is 1. The molecule has 0 fully saturated rings. The molecular formula is C26H38N6O6. The first-order valence-electron chi connectivity index (χ1n) is 12.5. The number of phenols is 1. The lowest BCUT2D eigenvalue weighted by atomic mass is 9.98. The van der Waals surface area contributed by atoms with Crippen LogP contribution in [-0.4, -0.2) is 68.0 Å². The van der Waals surface area contributed by atoms with E-state index in [1.807, 2.05) is 13.8 Å². The largest absolute Gasteiger partial charge is 0.508 e. The molecule has 0 radical (unpaired) electrons. The number of nitrogens with zero attached hydrogens (tertiary/aromatic N) is 1. The molecule has 1 heterocycles. The average Bonchev–Trinajstić information content (AvgIpc) is 3.35. The molecule has 2 rings (SSSR count). The van der Waals surface area contributed by atoms with Crippen molar-refractivity contribution in [3.8, 4) is 5.75 Å². The predicted molar refractivity (Wildman–Crippen MR) is 140 cm³/mol. The van der Waals surface area contributed by atoms with E-state index in [0.717, 1.165) is 0 Å². The summed E-state index contributed by atoms with van der Waals surface area (Å²) in [5.74, 6) is -3.28. The number of imidazole rings is 1. The van der Waals surface area contributed by atoms with Gasteiger partial charge in [-0.2, -0.15) is 0 Å². The summed E-state index contributed by atoms with van der Waals surface area (Å²) >= 11 is 0. The Kier molecular flexibility index (Phi) is 11.3. The van der Waals surface area contributed by atoms with E-state index in [0.29, 0.717) is 17.7 Å². The highest BCUT2D eigenvalue weighted by Gasteiger charge is 2.32. The predicted octanol–water partition coefficient (Wildman–Crippen LogP) is 0.469. The number of carbonyl (C=O) groups is 4. The maximum absolute atomic E-state index is 13.2. The molecule has 1 aromatic carbocycles.